The van der Waals surface area contributed by atoms with Gasteiger partial charge in [0.05, 0.1) is 12.8 Å². The van der Waals surface area contributed by atoms with Gasteiger partial charge >= 0.3 is 0 Å². The van der Waals surface area contributed by atoms with Crippen molar-refractivity contribution in [2.45, 2.75) is 25.5 Å². The topological polar surface area (TPSA) is 56.7 Å². The number of rotatable bonds is 6. The summed E-state index contributed by atoms with van der Waals surface area (Å²) < 4.78 is 7.56. The molecule has 0 aliphatic heterocycles. The minimum Gasteiger partial charge on any atom is -0.467 e. The molecule has 0 bridgehead atoms. The molecule has 3 heterocycles. The summed E-state index contributed by atoms with van der Waals surface area (Å²) in [6, 6.07) is 7.75. The van der Waals surface area contributed by atoms with Crippen molar-refractivity contribution < 1.29 is 4.42 Å². The Balaban J connectivity index is 1.95. The van der Waals surface area contributed by atoms with Gasteiger partial charge in [0.1, 0.15) is 5.76 Å². The molecule has 0 saturated carbocycles. The van der Waals surface area contributed by atoms with Crippen molar-refractivity contribution in [3.05, 3.63) is 48.7 Å². The van der Waals surface area contributed by atoms with Gasteiger partial charge in [-0.25, -0.2) is 0 Å². The van der Waals surface area contributed by atoms with Crippen molar-refractivity contribution in [3.63, 3.8) is 0 Å². The van der Waals surface area contributed by atoms with Crippen molar-refractivity contribution in [2.24, 2.45) is 5.92 Å². The average Bonchev–Trinajstić information content (AvgIpc) is 3.16. The lowest BCUT2D eigenvalue weighted by Gasteiger charge is -2.09. The number of thioether (sulfide) groups is 1. The Bertz CT molecular complexity index is 707. The highest BCUT2D eigenvalue weighted by molar-refractivity contribution is 7.99. The van der Waals surface area contributed by atoms with Crippen LogP contribution < -0.4 is 0 Å². The molecule has 22 heavy (non-hydrogen) atoms. The highest BCUT2D eigenvalue weighted by atomic mass is 32.2. The minimum absolute atomic E-state index is 0.598. The fourth-order valence-electron chi connectivity index (χ4n) is 2.05. The molecule has 0 radical (unpaired) electrons. The quantitative estimate of drug-likeness (QED) is 0.649. The van der Waals surface area contributed by atoms with Crippen LogP contribution in [0.25, 0.3) is 11.4 Å². The van der Waals surface area contributed by atoms with Crippen LogP contribution in [0.5, 0.6) is 0 Å². The summed E-state index contributed by atoms with van der Waals surface area (Å²) in [4.78, 5) is 4.17. The van der Waals surface area contributed by atoms with Gasteiger partial charge in [-0.05, 0) is 30.2 Å². The van der Waals surface area contributed by atoms with Crippen LogP contribution in [0.15, 0.2) is 52.5 Å². The maximum absolute atomic E-state index is 5.48. The lowest BCUT2D eigenvalue weighted by Crippen LogP contribution is -2.04. The normalized spacial score (nSPS) is 11.2. The maximum Gasteiger partial charge on any atom is 0.191 e. The second kappa shape index (κ2) is 6.79. The first-order chi connectivity index (χ1) is 10.7. The van der Waals surface area contributed by atoms with E-state index in [9.17, 15) is 0 Å². The highest BCUT2D eigenvalue weighted by Gasteiger charge is 2.16. The summed E-state index contributed by atoms with van der Waals surface area (Å²) >= 11 is 1.72. The van der Waals surface area contributed by atoms with E-state index in [2.05, 4.69) is 33.6 Å². The Morgan fingerprint density at radius 1 is 1.23 bits per heavy atom. The van der Waals surface area contributed by atoms with Gasteiger partial charge in [0.25, 0.3) is 0 Å². The molecule has 0 saturated heterocycles. The van der Waals surface area contributed by atoms with Crippen LogP contribution in [0, 0.1) is 5.92 Å². The molecule has 0 aliphatic carbocycles. The van der Waals surface area contributed by atoms with Gasteiger partial charge in [0, 0.05) is 23.7 Å². The first-order valence-electron chi connectivity index (χ1n) is 7.23. The molecule has 0 amide bonds. The fourth-order valence-corrected chi connectivity index (χ4v) is 2.93. The van der Waals surface area contributed by atoms with Gasteiger partial charge in [0.2, 0.25) is 0 Å². The van der Waals surface area contributed by atoms with Crippen molar-refractivity contribution >= 4 is 11.8 Å². The van der Waals surface area contributed by atoms with Crippen LogP contribution >= 0.6 is 11.8 Å². The third-order valence-electron chi connectivity index (χ3n) is 3.08. The number of hydrogen-bond acceptors (Lipinski definition) is 5. The fraction of sp³-hybridized carbons (Fsp3) is 0.312. The molecule has 114 valence electrons. The Labute approximate surface area is 133 Å². The van der Waals surface area contributed by atoms with Gasteiger partial charge in [-0.15, -0.1) is 10.2 Å². The third kappa shape index (κ3) is 3.39. The van der Waals surface area contributed by atoms with Crippen LogP contribution in [0.4, 0.5) is 0 Å². The van der Waals surface area contributed by atoms with Gasteiger partial charge in [-0.2, -0.15) is 0 Å². The Morgan fingerprint density at radius 3 is 2.82 bits per heavy atom. The molecule has 0 unspecified atom stereocenters. The summed E-state index contributed by atoms with van der Waals surface area (Å²) in [6.45, 7) is 5.01. The molecular weight excluding hydrogens is 296 g/mol. The smallest absolute Gasteiger partial charge is 0.191 e. The van der Waals surface area contributed by atoms with E-state index < -0.39 is 0 Å². The van der Waals surface area contributed by atoms with Crippen LogP contribution in [-0.4, -0.2) is 25.5 Å². The zero-order valence-corrected chi connectivity index (χ0v) is 13.5. The lowest BCUT2D eigenvalue weighted by molar-refractivity contribution is 0.485. The van der Waals surface area contributed by atoms with Crippen LogP contribution in [0.3, 0.4) is 0 Å². The number of aromatic nitrogens is 4. The van der Waals surface area contributed by atoms with Crippen molar-refractivity contribution in [1.82, 2.24) is 19.7 Å². The first kappa shape index (κ1) is 14.8. The number of pyridine rings is 1. The molecule has 5 nitrogen and oxygen atoms in total. The van der Waals surface area contributed by atoms with E-state index in [0.29, 0.717) is 12.5 Å². The SMILES string of the molecule is CC(C)CSc1nnc(-c2cccnc2)n1Cc1ccco1. The van der Waals surface area contributed by atoms with Gasteiger partial charge in [-0.3, -0.25) is 9.55 Å². The summed E-state index contributed by atoms with van der Waals surface area (Å²) in [5.74, 6) is 3.30. The van der Waals surface area contributed by atoms with Crippen molar-refractivity contribution in [3.8, 4) is 11.4 Å². The molecule has 0 atom stereocenters. The lowest BCUT2D eigenvalue weighted by atomic mass is 10.2. The van der Waals surface area contributed by atoms with E-state index in [-0.39, 0.29) is 0 Å². The van der Waals surface area contributed by atoms with E-state index in [1.54, 1.807) is 30.4 Å². The molecule has 3 rings (SSSR count). The molecule has 0 fully saturated rings. The maximum atomic E-state index is 5.48. The summed E-state index contributed by atoms with van der Waals surface area (Å²) in [5, 5.41) is 9.61. The standard InChI is InChI=1S/C16H18N4OS/c1-12(2)11-22-16-19-18-15(13-5-3-7-17-9-13)20(16)10-14-6-4-8-21-14/h3-9,12H,10-11H2,1-2H3. The Morgan fingerprint density at radius 2 is 2.14 bits per heavy atom. The highest BCUT2D eigenvalue weighted by Crippen LogP contribution is 2.26. The zero-order valence-electron chi connectivity index (χ0n) is 12.6. The number of nitrogens with zero attached hydrogens (tertiary/aromatic N) is 4. The van der Waals surface area contributed by atoms with Gasteiger partial charge < -0.3 is 4.42 Å². The number of furan rings is 1. The van der Waals surface area contributed by atoms with Crippen molar-refractivity contribution in [1.29, 1.82) is 0 Å². The largest absolute Gasteiger partial charge is 0.467 e. The summed E-state index contributed by atoms with van der Waals surface area (Å²) in [6.07, 6.45) is 5.25. The summed E-state index contributed by atoms with van der Waals surface area (Å²) in [5.41, 5.74) is 0.956. The predicted octanol–water partition coefficient (Wildman–Crippen LogP) is 3.73. The summed E-state index contributed by atoms with van der Waals surface area (Å²) in [7, 11) is 0. The van der Waals surface area contributed by atoms with Crippen LogP contribution in [0.1, 0.15) is 19.6 Å². The van der Waals surface area contributed by atoms with E-state index in [4.69, 9.17) is 4.42 Å². The first-order valence-corrected chi connectivity index (χ1v) is 8.21. The van der Waals surface area contributed by atoms with Crippen LogP contribution in [0.2, 0.25) is 0 Å². The Kier molecular flexibility index (Phi) is 4.58. The van der Waals surface area contributed by atoms with E-state index in [1.807, 2.05) is 24.3 Å². The van der Waals surface area contributed by atoms with Crippen molar-refractivity contribution in [2.75, 3.05) is 5.75 Å². The van der Waals surface area contributed by atoms with E-state index in [0.717, 1.165) is 28.1 Å². The number of hydrogen-bond donors (Lipinski definition) is 0. The van der Waals surface area contributed by atoms with Crippen LogP contribution in [-0.2, 0) is 6.54 Å². The minimum atomic E-state index is 0.598. The zero-order chi connectivity index (χ0) is 15.4. The van der Waals surface area contributed by atoms with Gasteiger partial charge in [0.15, 0.2) is 11.0 Å². The molecule has 0 N–H and O–H groups in total. The third-order valence-corrected chi connectivity index (χ3v) is 4.47. The molecule has 6 heteroatoms. The Hall–Kier alpha value is -2.08. The molecule has 3 aromatic heterocycles. The van der Waals surface area contributed by atoms with Gasteiger partial charge in [-0.1, -0.05) is 25.6 Å². The average molecular weight is 314 g/mol. The van der Waals surface area contributed by atoms with E-state index in [1.165, 1.54) is 0 Å². The monoisotopic (exact) mass is 314 g/mol. The molecule has 0 aromatic carbocycles. The molecule has 0 aliphatic rings. The predicted molar refractivity (Wildman–Crippen MR) is 86.6 cm³/mol. The molecule has 0 spiro atoms. The molecule has 3 aromatic rings. The second-order valence-electron chi connectivity index (χ2n) is 5.42. The molecular formula is C16H18N4OS. The van der Waals surface area contributed by atoms with E-state index >= 15 is 0 Å². The second-order valence-corrected chi connectivity index (χ2v) is 6.41.